The fourth-order valence-corrected chi connectivity index (χ4v) is 3.39. The topological polar surface area (TPSA) is 37.8 Å². The standard InChI is InChI=1S/C17H23N3/c1-18-17(13-8-4-2-3-5-9-13)16-12-19-14-10-6-7-11-15(14)20-16/h6-7,10-13,17-18H,2-5,8-9H2,1H3. The van der Waals surface area contributed by atoms with Crippen LogP contribution < -0.4 is 5.32 Å². The van der Waals surface area contributed by atoms with Crippen molar-refractivity contribution in [1.29, 1.82) is 0 Å². The Balaban J connectivity index is 1.89. The summed E-state index contributed by atoms with van der Waals surface area (Å²) in [5.41, 5.74) is 3.07. The van der Waals surface area contributed by atoms with E-state index in [1.807, 2.05) is 37.5 Å². The highest BCUT2D eigenvalue weighted by molar-refractivity contribution is 5.73. The lowest BCUT2D eigenvalue weighted by Crippen LogP contribution is -2.26. The van der Waals surface area contributed by atoms with Gasteiger partial charge in [0.2, 0.25) is 0 Å². The first kappa shape index (κ1) is 13.5. The fourth-order valence-electron chi connectivity index (χ4n) is 3.39. The van der Waals surface area contributed by atoms with Crippen LogP contribution in [0, 0.1) is 5.92 Å². The van der Waals surface area contributed by atoms with Crippen LogP contribution in [0.1, 0.15) is 50.3 Å². The van der Waals surface area contributed by atoms with E-state index in [1.54, 1.807) is 0 Å². The highest BCUT2D eigenvalue weighted by Crippen LogP contribution is 2.32. The summed E-state index contributed by atoms with van der Waals surface area (Å²) in [4.78, 5) is 9.39. The molecule has 3 heteroatoms. The van der Waals surface area contributed by atoms with Crippen LogP contribution in [0.15, 0.2) is 30.5 Å². The van der Waals surface area contributed by atoms with Crippen LogP contribution in [-0.2, 0) is 0 Å². The normalized spacial score (nSPS) is 18.9. The molecule has 0 aliphatic heterocycles. The Hall–Kier alpha value is -1.48. The number of benzene rings is 1. The van der Waals surface area contributed by atoms with Crippen molar-refractivity contribution in [3.8, 4) is 0 Å². The molecule has 2 aromatic rings. The van der Waals surface area contributed by atoms with E-state index < -0.39 is 0 Å². The van der Waals surface area contributed by atoms with Crippen molar-refractivity contribution in [3.05, 3.63) is 36.2 Å². The van der Waals surface area contributed by atoms with Gasteiger partial charge in [-0.3, -0.25) is 4.98 Å². The zero-order valence-electron chi connectivity index (χ0n) is 12.2. The number of hydrogen-bond acceptors (Lipinski definition) is 3. The number of para-hydroxylation sites is 2. The Morgan fingerprint density at radius 3 is 2.45 bits per heavy atom. The van der Waals surface area contributed by atoms with Gasteiger partial charge in [0.25, 0.3) is 0 Å². The van der Waals surface area contributed by atoms with E-state index in [1.165, 1.54) is 38.5 Å². The molecule has 1 aromatic heterocycles. The maximum atomic E-state index is 4.83. The minimum Gasteiger partial charge on any atom is -0.311 e. The molecule has 0 spiro atoms. The molecule has 1 heterocycles. The van der Waals surface area contributed by atoms with Crippen LogP contribution >= 0.6 is 0 Å². The SMILES string of the molecule is CNC(c1cnc2ccccc2n1)C1CCCCCC1. The lowest BCUT2D eigenvalue weighted by Gasteiger charge is -2.25. The number of nitrogens with zero attached hydrogens (tertiary/aromatic N) is 2. The third kappa shape index (κ3) is 2.83. The van der Waals surface area contributed by atoms with Crippen LogP contribution in [0.5, 0.6) is 0 Å². The first-order chi connectivity index (χ1) is 9.88. The van der Waals surface area contributed by atoms with E-state index in [-0.39, 0.29) is 0 Å². The van der Waals surface area contributed by atoms with Gasteiger partial charge >= 0.3 is 0 Å². The van der Waals surface area contributed by atoms with Crippen molar-refractivity contribution >= 4 is 11.0 Å². The van der Waals surface area contributed by atoms with Crippen LogP contribution in [0.3, 0.4) is 0 Å². The molecule has 1 aliphatic rings. The second-order valence-electron chi connectivity index (χ2n) is 5.80. The van der Waals surface area contributed by atoms with Gasteiger partial charge < -0.3 is 5.32 Å². The molecule has 1 atom stereocenters. The zero-order chi connectivity index (χ0) is 13.8. The number of rotatable bonds is 3. The maximum Gasteiger partial charge on any atom is 0.0890 e. The van der Waals surface area contributed by atoms with Crippen LogP contribution in [0.4, 0.5) is 0 Å². The van der Waals surface area contributed by atoms with Gasteiger partial charge in [-0.1, -0.05) is 37.8 Å². The summed E-state index contributed by atoms with van der Waals surface area (Å²) >= 11 is 0. The van der Waals surface area contributed by atoms with Gasteiger partial charge in [0.05, 0.1) is 29.0 Å². The average Bonchev–Trinajstić information content (AvgIpc) is 2.77. The van der Waals surface area contributed by atoms with Crippen molar-refractivity contribution in [3.63, 3.8) is 0 Å². The lowest BCUT2D eigenvalue weighted by atomic mass is 9.90. The second-order valence-corrected chi connectivity index (χ2v) is 5.80. The van der Waals surface area contributed by atoms with Crippen molar-refractivity contribution in [2.45, 2.75) is 44.6 Å². The molecule has 0 saturated heterocycles. The molecule has 1 fully saturated rings. The first-order valence-corrected chi connectivity index (χ1v) is 7.77. The molecule has 3 nitrogen and oxygen atoms in total. The highest BCUT2D eigenvalue weighted by atomic mass is 14.9. The smallest absolute Gasteiger partial charge is 0.0890 e. The van der Waals surface area contributed by atoms with Gasteiger partial charge in [-0.05, 0) is 37.9 Å². The number of nitrogens with one attached hydrogen (secondary N) is 1. The Labute approximate surface area is 120 Å². The predicted molar refractivity (Wildman–Crippen MR) is 82.5 cm³/mol. The van der Waals surface area contributed by atoms with E-state index in [2.05, 4.69) is 10.3 Å². The van der Waals surface area contributed by atoms with Crippen LogP contribution in [-0.4, -0.2) is 17.0 Å². The van der Waals surface area contributed by atoms with Gasteiger partial charge in [0.15, 0.2) is 0 Å². The van der Waals surface area contributed by atoms with Crippen molar-refractivity contribution in [2.75, 3.05) is 7.05 Å². The summed E-state index contributed by atoms with van der Waals surface area (Å²) in [6.45, 7) is 0. The molecule has 1 aromatic carbocycles. The summed E-state index contributed by atoms with van der Waals surface area (Å²) in [5, 5.41) is 3.48. The molecular formula is C17H23N3. The summed E-state index contributed by atoms with van der Waals surface area (Å²) < 4.78 is 0. The van der Waals surface area contributed by atoms with E-state index in [9.17, 15) is 0 Å². The van der Waals surface area contributed by atoms with Crippen molar-refractivity contribution in [2.24, 2.45) is 5.92 Å². The predicted octanol–water partition coefficient (Wildman–Crippen LogP) is 3.86. The summed E-state index contributed by atoms with van der Waals surface area (Å²) in [6.07, 6.45) is 10.0. The Morgan fingerprint density at radius 2 is 1.75 bits per heavy atom. The summed E-state index contributed by atoms with van der Waals surface area (Å²) in [7, 11) is 2.05. The molecule has 20 heavy (non-hydrogen) atoms. The molecule has 0 amide bonds. The zero-order valence-corrected chi connectivity index (χ0v) is 12.2. The molecular weight excluding hydrogens is 246 g/mol. The van der Waals surface area contributed by atoms with E-state index in [0.717, 1.165) is 16.7 Å². The molecule has 1 N–H and O–H groups in total. The minimum absolute atomic E-state index is 0.338. The monoisotopic (exact) mass is 269 g/mol. The van der Waals surface area contributed by atoms with Crippen LogP contribution in [0.25, 0.3) is 11.0 Å². The van der Waals surface area contributed by atoms with Gasteiger partial charge in [0, 0.05) is 0 Å². The van der Waals surface area contributed by atoms with Gasteiger partial charge in [-0.25, -0.2) is 4.98 Å². The Bertz CT molecular complexity index is 559. The first-order valence-electron chi connectivity index (χ1n) is 7.77. The maximum absolute atomic E-state index is 4.83. The van der Waals surface area contributed by atoms with Gasteiger partial charge in [0.1, 0.15) is 0 Å². The summed E-state index contributed by atoms with van der Waals surface area (Å²) in [5.74, 6) is 0.693. The summed E-state index contributed by atoms with van der Waals surface area (Å²) in [6, 6.07) is 8.45. The quantitative estimate of drug-likeness (QED) is 0.860. The van der Waals surface area contributed by atoms with Crippen molar-refractivity contribution in [1.82, 2.24) is 15.3 Å². The van der Waals surface area contributed by atoms with Gasteiger partial charge in [-0.2, -0.15) is 0 Å². The lowest BCUT2D eigenvalue weighted by molar-refractivity contribution is 0.336. The molecule has 1 unspecified atom stereocenters. The van der Waals surface area contributed by atoms with E-state index in [0.29, 0.717) is 12.0 Å². The van der Waals surface area contributed by atoms with Crippen molar-refractivity contribution < 1.29 is 0 Å². The van der Waals surface area contributed by atoms with Gasteiger partial charge in [-0.15, -0.1) is 0 Å². The largest absolute Gasteiger partial charge is 0.311 e. The Kier molecular flexibility index (Phi) is 4.26. The third-order valence-electron chi connectivity index (χ3n) is 4.47. The van der Waals surface area contributed by atoms with Crippen LogP contribution in [0.2, 0.25) is 0 Å². The number of aromatic nitrogens is 2. The molecule has 0 bridgehead atoms. The van der Waals surface area contributed by atoms with E-state index in [4.69, 9.17) is 4.98 Å². The van der Waals surface area contributed by atoms with E-state index >= 15 is 0 Å². The molecule has 3 rings (SSSR count). The molecule has 1 aliphatic carbocycles. The second kappa shape index (κ2) is 6.31. The molecule has 0 radical (unpaired) electrons. The third-order valence-corrected chi connectivity index (χ3v) is 4.47. The number of hydrogen-bond donors (Lipinski definition) is 1. The molecule has 1 saturated carbocycles. The Morgan fingerprint density at radius 1 is 1.05 bits per heavy atom. The number of fused-ring (bicyclic) bond motifs is 1. The minimum atomic E-state index is 0.338. The average molecular weight is 269 g/mol. The molecule has 106 valence electrons. The highest BCUT2D eigenvalue weighted by Gasteiger charge is 2.24. The fraction of sp³-hybridized carbons (Fsp3) is 0.529.